The summed E-state index contributed by atoms with van der Waals surface area (Å²) in [5, 5.41) is 7.30. The van der Waals surface area contributed by atoms with Crippen LogP contribution in [-0.2, 0) is 6.54 Å². The Morgan fingerprint density at radius 1 is 1.53 bits per heavy atom. The number of carbonyl (C=O) groups excluding carboxylic acids is 1. The van der Waals surface area contributed by atoms with Crippen molar-refractivity contribution in [1.82, 2.24) is 25.1 Å². The second-order valence-corrected chi connectivity index (χ2v) is 5.00. The Hall–Kier alpha value is -1.60. The molecule has 0 unspecified atom stereocenters. The van der Waals surface area contributed by atoms with Crippen molar-refractivity contribution in [1.29, 1.82) is 0 Å². The molecule has 2 heterocycles. The summed E-state index contributed by atoms with van der Waals surface area (Å²) >= 11 is 7.33. The first-order valence-electron chi connectivity index (χ1n) is 5.41. The third-order valence-corrected chi connectivity index (χ3v) is 3.27. The number of H-pyrrole nitrogens is 1. The third kappa shape index (κ3) is 3.24. The van der Waals surface area contributed by atoms with E-state index in [0.29, 0.717) is 11.7 Å². The van der Waals surface area contributed by atoms with Gasteiger partial charge in [0.05, 0.1) is 17.4 Å². The van der Waals surface area contributed by atoms with Gasteiger partial charge in [-0.2, -0.15) is 5.10 Å². The predicted molar refractivity (Wildman–Crippen MR) is 73.2 cm³/mol. The number of nitrogens with zero attached hydrogens (tertiary/aromatic N) is 4. The van der Waals surface area contributed by atoms with Gasteiger partial charge in [-0.25, -0.2) is 9.97 Å². The topological polar surface area (TPSA) is 74.8 Å². The normalized spacial score (nSPS) is 10.5. The minimum absolute atomic E-state index is 0.215. The fraction of sp³-hybridized carbons (Fsp3) is 0.273. The Labute approximate surface area is 119 Å². The van der Waals surface area contributed by atoms with E-state index in [1.54, 1.807) is 19.4 Å². The van der Waals surface area contributed by atoms with Gasteiger partial charge in [-0.05, 0) is 6.26 Å². The molecule has 19 heavy (non-hydrogen) atoms. The number of hydrogen-bond donors (Lipinski definition) is 1. The summed E-state index contributed by atoms with van der Waals surface area (Å²) in [6.07, 6.45) is 6.68. The van der Waals surface area contributed by atoms with Crippen molar-refractivity contribution in [2.24, 2.45) is 0 Å². The summed E-state index contributed by atoms with van der Waals surface area (Å²) in [6, 6.07) is 0. The van der Waals surface area contributed by atoms with Crippen molar-refractivity contribution < 1.29 is 4.79 Å². The molecule has 0 fully saturated rings. The fourth-order valence-corrected chi connectivity index (χ4v) is 2.00. The van der Waals surface area contributed by atoms with Crippen molar-refractivity contribution in [2.75, 3.05) is 13.3 Å². The van der Waals surface area contributed by atoms with Crippen molar-refractivity contribution in [3.05, 3.63) is 34.9 Å². The molecule has 0 saturated carbocycles. The monoisotopic (exact) mass is 297 g/mol. The molecule has 6 nitrogen and oxygen atoms in total. The van der Waals surface area contributed by atoms with E-state index in [9.17, 15) is 4.79 Å². The van der Waals surface area contributed by atoms with E-state index in [-0.39, 0.29) is 16.6 Å². The van der Waals surface area contributed by atoms with Crippen LogP contribution in [0.2, 0.25) is 5.02 Å². The number of nitrogens with one attached hydrogen (secondary N) is 1. The average Bonchev–Trinajstić information content (AvgIpc) is 2.91. The van der Waals surface area contributed by atoms with E-state index in [4.69, 9.17) is 11.6 Å². The number of amides is 1. The van der Waals surface area contributed by atoms with E-state index in [2.05, 4.69) is 20.2 Å². The lowest BCUT2D eigenvalue weighted by molar-refractivity contribution is 0.0778. The first-order valence-corrected chi connectivity index (χ1v) is 7.01. The Morgan fingerprint density at radius 3 is 2.95 bits per heavy atom. The highest BCUT2D eigenvalue weighted by molar-refractivity contribution is 7.98. The van der Waals surface area contributed by atoms with Crippen LogP contribution in [0, 0.1) is 0 Å². The zero-order valence-electron chi connectivity index (χ0n) is 10.4. The van der Waals surface area contributed by atoms with Crippen LogP contribution in [-0.4, -0.2) is 44.3 Å². The number of hydrogen-bond acceptors (Lipinski definition) is 5. The number of carbonyl (C=O) groups is 1. The quantitative estimate of drug-likeness (QED) is 0.688. The minimum atomic E-state index is -0.246. The van der Waals surface area contributed by atoms with Crippen LogP contribution in [0.1, 0.15) is 16.1 Å². The zero-order valence-corrected chi connectivity index (χ0v) is 12.0. The first kappa shape index (κ1) is 13.8. The molecule has 0 saturated heterocycles. The minimum Gasteiger partial charge on any atom is -0.336 e. The number of halogens is 1. The van der Waals surface area contributed by atoms with Gasteiger partial charge in [-0.1, -0.05) is 23.4 Å². The van der Waals surface area contributed by atoms with E-state index in [1.807, 2.05) is 6.26 Å². The van der Waals surface area contributed by atoms with Crippen LogP contribution in [0.5, 0.6) is 0 Å². The van der Waals surface area contributed by atoms with Crippen LogP contribution in [0.25, 0.3) is 0 Å². The van der Waals surface area contributed by atoms with Gasteiger partial charge in [0.1, 0.15) is 0 Å². The molecule has 0 aliphatic carbocycles. The summed E-state index contributed by atoms with van der Waals surface area (Å²) in [5.41, 5.74) is 1.12. The maximum atomic E-state index is 12.3. The number of rotatable bonds is 4. The van der Waals surface area contributed by atoms with Gasteiger partial charge in [0, 0.05) is 25.4 Å². The molecule has 2 aromatic rings. The van der Waals surface area contributed by atoms with Gasteiger partial charge in [-0.15, -0.1) is 0 Å². The third-order valence-electron chi connectivity index (χ3n) is 2.43. The SMILES string of the molecule is CSc1ncc(Cl)c(C(=O)N(C)Cc2cn[nH]c2)n1. The molecule has 0 bridgehead atoms. The van der Waals surface area contributed by atoms with E-state index >= 15 is 0 Å². The zero-order chi connectivity index (χ0) is 13.8. The standard InChI is InChI=1S/C11H12ClN5OS/c1-17(6-7-3-14-15-4-7)10(18)9-8(12)5-13-11(16-9)19-2/h3-5H,6H2,1-2H3,(H,14,15). The highest BCUT2D eigenvalue weighted by atomic mass is 35.5. The van der Waals surface area contributed by atoms with Gasteiger partial charge in [0.15, 0.2) is 10.9 Å². The molecule has 0 radical (unpaired) electrons. The first-order chi connectivity index (χ1) is 9.11. The van der Waals surface area contributed by atoms with Gasteiger partial charge < -0.3 is 4.90 Å². The molecule has 2 rings (SSSR count). The summed E-state index contributed by atoms with van der Waals surface area (Å²) in [4.78, 5) is 22.0. The summed E-state index contributed by atoms with van der Waals surface area (Å²) in [6.45, 7) is 0.435. The van der Waals surface area contributed by atoms with Crippen LogP contribution in [0.15, 0.2) is 23.7 Å². The Morgan fingerprint density at radius 2 is 2.32 bits per heavy atom. The van der Waals surface area contributed by atoms with Crippen molar-refractivity contribution in [2.45, 2.75) is 11.7 Å². The van der Waals surface area contributed by atoms with E-state index in [0.717, 1.165) is 5.56 Å². The molecule has 100 valence electrons. The maximum Gasteiger partial charge on any atom is 0.274 e. The van der Waals surface area contributed by atoms with Crippen LogP contribution < -0.4 is 0 Å². The number of thioether (sulfide) groups is 1. The summed E-state index contributed by atoms with van der Waals surface area (Å²) < 4.78 is 0. The molecular weight excluding hydrogens is 286 g/mol. The largest absolute Gasteiger partial charge is 0.336 e. The van der Waals surface area contributed by atoms with Gasteiger partial charge in [0.2, 0.25) is 0 Å². The van der Waals surface area contributed by atoms with Crippen LogP contribution >= 0.6 is 23.4 Å². The van der Waals surface area contributed by atoms with Gasteiger partial charge >= 0.3 is 0 Å². The Kier molecular flexibility index (Phi) is 4.39. The fourth-order valence-electron chi connectivity index (χ4n) is 1.49. The second kappa shape index (κ2) is 6.03. The Bertz CT molecular complexity index is 574. The molecule has 2 aromatic heterocycles. The van der Waals surface area contributed by atoms with E-state index < -0.39 is 0 Å². The molecule has 8 heteroatoms. The molecule has 0 aromatic carbocycles. The lowest BCUT2D eigenvalue weighted by Gasteiger charge is -2.16. The maximum absolute atomic E-state index is 12.3. The molecule has 0 spiro atoms. The molecular formula is C11H12ClN5OS. The van der Waals surface area contributed by atoms with Gasteiger partial charge in [0.25, 0.3) is 5.91 Å². The lowest BCUT2D eigenvalue weighted by atomic mass is 10.3. The number of aromatic nitrogens is 4. The smallest absolute Gasteiger partial charge is 0.274 e. The van der Waals surface area contributed by atoms with Gasteiger partial charge in [-0.3, -0.25) is 9.89 Å². The highest BCUT2D eigenvalue weighted by Gasteiger charge is 2.18. The second-order valence-electron chi connectivity index (χ2n) is 3.82. The molecule has 1 amide bonds. The molecule has 0 atom stereocenters. The molecule has 0 aliphatic rings. The molecule has 1 N–H and O–H groups in total. The lowest BCUT2D eigenvalue weighted by Crippen LogP contribution is -2.27. The Balaban J connectivity index is 2.18. The highest BCUT2D eigenvalue weighted by Crippen LogP contribution is 2.18. The number of aromatic amines is 1. The van der Waals surface area contributed by atoms with Crippen LogP contribution in [0.3, 0.4) is 0 Å². The predicted octanol–water partition coefficient (Wildman–Crippen LogP) is 1.85. The van der Waals surface area contributed by atoms with Crippen molar-refractivity contribution in [3.63, 3.8) is 0 Å². The van der Waals surface area contributed by atoms with Crippen LogP contribution in [0.4, 0.5) is 0 Å². The molecule has 0 aliphatic heterocycles. The van der Waals surface area contributed by atoms with E-state index in [1.165, 1.54) is 22.9 Å². The van der Waals surface area contributed by atoms with Crippen molar-refractivity contribution in [3.8, 4) is 0 Å². The summed E-state index contributed by atoms with van der Waals surface area (Å²) in [7, 11) is 1.69. The van der Waals surface area contributed by atoms with Crippen molar-refractivity contribution >= 4 is 29.3 Å². The summed E-state index contributed by atoms with van der Waals surface area (Å²) in [5.74, 6) is -0.246. The average molecular weight is 298 g/mol.